The summed E-state index contributed by atoms with van der Waals surface area (Å²) in [5.74, 6) is -0.951. The SMILES string of the molecule is CC(=O)c1sc(NC(=O)c2oc3ccc(F)cc3c2C)nc1-c1ccccc1. The lowest BCUT2D eigenvalue weighted by molar-refractivity contribution is 0.0995. The van der Waals surface area contributed by atoms with Crippen molar-refractivity contribution in [2.75, 3.05) is 5.32 Å². The third-order valence-electron chi connectivity index (χ3n) is 4.32. The van der Waals surface area contributed by atoms with Crippen molar-refractivity contribution in [1.82, 2.24) is 4.98 Å². The lowest BCUT2D eigenvalue weighted by atomic mass is 10.1. The zero-order chi connectivity index (χ0) is 19.8. The molecule has 2 aromatic heterocycles. The number of halogens is 1. The lowest BCUT2D eigenvalue weighted by Gasteiger charge is -1.99. The molecule has 28 heavy (non-hydrogen) atoms. The molecule has 0 unspecified atom stereocenters. The van der Waals surface area contributed by atoms with E-state index in [1.165, 1.54) is 25.1 Å². The summed E-state index contributed by atoms with van der Waals surface area (Å²) >= 11 is 1.11. The monoisotopic (exact) mass is 394 g/mol. The molecule has 0 atom stereocenters. The van der Waals surface area contributed by atoms with Crippen LogP contribution in [0.3, 0.4) is 0 Å². The third-order valence-corrected chi connectivity index (χ3v) is 5.39. The predicted molar refractivity (Wildman–Crippen MR) is 106 cm³/mol. The van der Waals surface area contributed by atoms with Crippen molar-refractivity contribution in [3.05, 3.63) is 70.5 Å². The number of hydrogen-bond donors (Lipinski definition) is 1. The van der Waals surface area contributed by atoms with E-state index >= 15 is 0 Å². The number of carbonyl (C=O) groups excluding carboxylic acids is 2. The molecule has 7 heteroatoms. The molecule has 5 nitrogen and oxygen atoms in total. The van der Waals surface area contributed by atoms with E-state index in [9.17, 15) is 14.0 Å². The number of benzene rings is 2. The van der Waals surface area contributed by atoms with Crippen molar-refractivity contribution >= 4 is 39.1 Å². The number of fused-ring (bicyclic) bond motifs is 1. The molecule has 0 radical (unpaired) electrons. The maximum absolute atomic E-state index is 13.5. The minimum Gasteiger partial charge on any atom is -0.451 e. The molecule has 2 heterocycles. The number of anilines is 1. The number of Topliss-reactive ketones (excluding diaryl/α,β-unsaturated/α-hetero) is 1. The first-order chi connectivity index (χ1) is 13.4. The predicted octanol–water partition coefficient (Wildman–Crippen LogP) is 5.46. The van der Waals surface area contributed by atoms with Crippen LogP contribution in [-0.2, 0) is 0 Å². The van der Waals surface area contributed by atoms with Crippen molar-refractivity contribution in [1.29, 1.82) is 0 Å². The lowest BCUT2D eigenvalue weighted by Crippen LogP contribution is -2.11. The van der Waals surface area contributed by atoms with Gasteiger partial charge in [-0.05, 0) is 25.1 Å². The van der Waals surface area contributed by atoms with Crippen LogP contribution in [0, 0.1) is 12.7 Å². The van der Waals surface area contributed by atoms with Gasteiger partial charge in [0.15, 0.2) is 16.7 Å². The molecule has 0 bridgehead atoms. The number of aryl methyl sites for hydroxylation is 1. The summed E-state index contributed by atoms with van der Waals surface area (Å²) in [6, 6.07) is 13.4. The van der Waals surface area contributed by atoms with E-state index in [0.717, 1.165) is 16.9 Å². The van der Waals surface area contributed by atoms with Crippen molar-refractivity contribution in [3.8, 4) is 11.3 Å². The van der Waals surface area contributed by atoms with Gasteiger partial charge in [0.2, 0.25) is 0 Å². The summed E-state index contributed by atoms with van der Waals surface area (Å²) in [7, 11) is 0. The highest BCUT2D eigenvalue weighted by molar-refractivity contribution is 7.18. The Bertz CT molecular complexity index is 1210. The van der Waals surface area contributed by atoms with Crippen molar-refractivity contribution in [2.24, 2.45) is 0 Å². The van der Waals surface area contributed by atoms with Gasteiger partial charge in [0.1, 0.15) is 11.4 Å². The Morgan fingerprint density at radius 2 is 1.89 bits per heavy atom. The van der Waals surface area contributed by atoms with Crippen molar-refractivity contribution < 1.29 is 18.4 Å². The fourth-order valence-electron chi connectivity index (χ4n) is 2.97. The average Bonchev–Trinajstić information content (AvgIpc) is 3.24. The van der Waals surface area contributed by atoms with Gasteiger partial charge in [-0.15, -0.1) is 0 Å². The molecule has 0 aliphatic heterocycles. The summed E-state index contributed by atoms with van der Waals surface area (Å²) in [6.45, 7) is 3.15. The van der Waals surface area contributed by atoms with E-state index < -0.39 is 11.7 Å². The number of rotatable bonds is 4. The van der Waals surface area contributed by atoms with E-state index in [-0.39, 0.29) is 11.5 Å². The molecule has 0 aliphatic rings. The molecule has 0 saturated carbocycles. The Morgan fingerprint density at radius 1 is 1.14 bits per heavy atom. The Kier molecular flexibility index (Phi) is 4.52. The zero-order valence-corrected chi connectivity index (χ0v) is 15.9. The second kappa shape index (κ2) is 7.01. The van der Waals surface area contributed by atoms with Crippen LogP contribution >= 0.6 is 11.3 Å². The molecule has 0 fully saturated rings. The molecular weight excluding hydrogens is 379 g/mol. The number of thiazole rings is 1. The zero-order valence-electron chi connectivity index (χ0n) is 15.1. The number of nitrogens with zero attached hydrogens (tertiary/aromatic N) is 1. The Balaban J connectivity index is 1.69. The molecule has 4 aromatic rings. The summed E-state index contributed by atoms with van der Waals surface area (Å²) in [6.07, 6.45) is 0. The largest absolute Gasteiger partial charge is 0.451 e. The minimum atomic E-state index is -0.502. The van der Waals surface area contributed by atoms with Gasteiger partial charge in [0.05, 0.1) is 10.6 Å². The van der Waals surface area contributed by atoms with E-state index in [1.54, 1.807) is 6.92 Å². The van der Waals surface area contributed by atoms with E-state index in [0.29, 0.717) is 32.2 Å². The molecule has 1 N–H and O–H groups in total. The fraction of sp³-hybridized carbons (Fsp3) is 0.0952. The number of aromatic nitrogens is 1. The topological polar surface area (TPSA) is 72.2 Å². The first-order valence-electron chi connectivity index (χ1n) is 8.51. The van der Waals surface area contributed by atoms with Crippen LogP contribution in [0.4, 0.5) is 9.52 Å². The van der Waals surface area contributed by atoms with Gasteiger partial charge >= 0.3 is 0 Å². The molecule has 4 rings (SSSR count). The first-order valence-corrected chi connectivity index (χ1v) is 9.33. The van der Waals surface area contributed by atoms with E-state index in [2.05, 4.69) is 10.3 Å². The fourth-order valence-corrected chi connectivity index (χ4v) is 3.85. The second-order valence-corrected chi connectivity index (χ2v) is 7.27. The van der Waals surface area contributed by atoms with Gasteiger partial charge < -0.3 is 4.42 Å². The molecule has 2 aromatic carbocycles. The van der Waals surface area contributed by atoms with E-state index in [4.69, 9.17) is 4.42 Å². The standard InChI is InChI=1S/C21H15FN2O3S/c1-11-15-10-14(22)8-9-16(15)27-18(11)20(26)24-21-23-17(19(28-21)12(2)25)13-6-4-3-5-7-13/h3-10H,1-2H3,(H,23,24,26). The van der Waals surface area contributed by atoms with Crippen LogP contribution in [0.1, 0.15) is 32.7 Å². The smallest absolute Gasteiger partial charge is 0.293 e. The molecule has 0 aliphatic carbocycles. The van der Waals surface area contributed by atoms with Crippen molar-refractivity contribution in [3.63, 3.8) is 0 Å². The maximum atomic E-state index is 13.5. The summed E-state index contributed by atoms with van der Waals surface area (Å²) < 4.78 is 19.1. The van der Waals surface area contributed by atoms with Gasteiger partial charge in [0.25, 0.3) is 5.91 Å². The Morgan fingerprint density at radius 3 is 2.61 bits per heavy atom. The van der Waals surface area contributed by atoms with Gasteiger partial charge in [-0.3, -0.25) is 14.9 Å². The average molecular weight is 394 g/mol. The second-order valence-electron chi connectivity index (χ2n) is 6.27. The van der Waals surface area contributed by atoms with Crippen molar-refractivity contribution in [2.45, 2.75) is 13.8 Å². The molecule has 1 amide bonds. The Labute approximate surface area is 163 Å². The summed E-state index contributed by atoms with van der Waals surface area (Å²) in [4.78, 5) is 29.6. The Hall–Kier alpha value is -3.32. The van der Waals surface area contributed by atoms with Crippen LogP contribution in [0.2, 0.25) is 0 Å². The normalized spacial score (nSPS) is 11.0. The van der Waals surface area contributed by atoms with Crippen LogP contribution in [-0.4, -0.2) is 16.7 Å². The summed E-state index contributed by atoms with van der Waals surface area (Å²) in [5, 5.41) is 3.52. The number of amides is 1. The van der Waals surface area contributed by atoms with E-state index in [1.807, 2.05) is 30.3 Å². The van der Waals surface area contributed by atoms with Crippen LogP contribution < -0.4 is 5.32 Å². The quantitative estimate of drug-likeness (QED) is 0.467. The molecule has 140 valence electrons. The number of nitrogens with one attached hydrogen (secondary N) is 1. The molecular formula is C21H15FN2O3S. The number of hydrogen-bond acceptors (Lipinski definition) is 5. The van der Waals surface area contributed by atoms with Crippen LogP contribution in [0.5, 0.6) is 0 Å². The third kappa shape index (κ3) is 3.20. The number of ketones is 1. The summed E-state index contributed by atoms with van der Waals surface area (Å²) in [5.41, 5.74) is 2.29. The van der Waals surface area contributed by atoms with Gasteiger partial charge in [-0.2, -0.15) is 0 Å². The number of carbonyl (C=O) groups is 2. The minimum absolute atomic E-state index is 0.0847. The van der Waals surface area contributed by atoms with Gasteiger partial charge in [-0.25, -0.2) is 9.37 Å². The van der Waals surface area contributed by atoms with Gasteiger partial charge in [-0.1, -0.05) is 41.7 Å². The molecule has 0 spiro atoms. The van der Waals surface area contributed by atoms with Crippen LogP contribution in [0.25, 0.3) is 22.2 Å². The number of furan rings is 1. The highest BCUT2D eigenvalue weighted by Crippen LogP contribution is 2.32. The van der Waals surface area contributed by atoms with Crippen LogP contribution in [0.15, 0.2) is 52.9 Å². The maximum Gasteiger partial charge on any atom is 0.293 e. The first kappa shape index (κ1) is 18.1. The highest BCUT2D eigenvalue weighted by Gasteiger charge is 2.22. The highest BCUT2D eigenvalue weighted by atomic mass is 32.1. The van der Waals surface area contributed by atoms with Gasteiger partial charge in [0, 0.05) is 23.4 Å². The molecule has 0 saturated heterocycles.